The predicted octanol–water partition coefficient (Wildman–Crippen LogP) is 3.85. The molecule has 2 aromatic rings. The molecule has 0 saturated heterocycles. The maximum absolute atomic E-state index is 12.2. The van der Waals surface area contributed by atoms with Gasteiger partial charge in [-0.25, -0.2) is 0 Å². The number of carbonyl (C=O) groups is 1. The van der Waals surface area contributed by atoms with Gasteiger partial charge in [-0.05, 0) is 64.5 Å². The highest BCUT2D eigenvalue weighted by Gasteiger charge is 2.24. The first-order chi connectivity index (χ1) is 9.65. The number of anilines is 1. The van der Waals surface area contributed by atoms with Crippen LogP contribution in [-0.2, 0) is 6.42 Å². The van der Waals surface area contributed by atoms with Crippen molar-refractivity contribution in [1.29, 1.82) is 0 Å². The molecule has 1 heterocycles. The van der Waals surface area contributed by atoms with Gasteiger partial charge >= 0.3 is 0 Å². The van der Waals surface area contributed by atoms with Gasteiger partial charge in [-0.1, -0.05) is 6.07 Å². The number of nitrogen functional groups attached to an aromatic ring is 1. The van der Waals surface area contributed by atoms with E-state index in [1.807, 2.05) is 18.2 Å². The topological polar surface area (TPSA) is 68.3 Å². The van der Waals surface area contributed by atoms with Crippen molar-refractivity contribution in [1.82, 2.24) is 5.32 Å². The Bertz CT molecular complexity index is 657. The molecule has 0 bridgehead atoms. The number of hydrogen-bond acceptors (Lipinski definition) is 3. The molecular formula is C15H16BrClN2O2. The fourth-order valence-corrected chi connectivity index (χ4v) is 3.05. The van der Waals surface area contributed by atoms with Gasteiger partial charge in [-0.2, -0.15) is 0 Å². The summed E-state index contributed by atoms with van der Waals surface area (Å²) in [6, 6.07) is 7.61. The van der Waals surface area contributed by atoms with Gasteiger partial charge in [0.25, 0.3) is 5.91 Å². The lowest BCUT2D eigenvalue weighted by molar-refractivity contribution is 0.0903. The Hall–Kier alpha value is -1.46. The van der Waals surface area contributed by atoms with Crippen LogP contribution in [0.2, 0.25) is 0 Å². The van der Waals surface area contributed by atoms with E-state index in [-0.39, 0.29) is 24.4 Å². The van der Waals surface area contributed by atoms with Crippen LogP contribution in [0.3, 0.4) is 0 Å². The van der Waals surface area contributed by atoms with Crippen LogP contribution in [0.5, 0.6) is 0 Å². The van der Waals surface area contributed by atoms with Gasteiger partial charge in [0.2, 0.25) is 5.76 Å². The predicted molar refractivity (Wildman–Crippen MR) is 87.7 cm³/mol. The van der Waals surface area contributed by atoms with Gasteiger partial charge in [0.1, 0.15) is 0 Å². The molecule has 21 heavy (non-hydrogen) atoms. The Labute approximate surface area is 137 Å². The summed E-state index contributed by atoms with van der Waals surface area (Å²) in [5.41, 5.74) is 8.96. The third kappa shape index (κ3) is 3.24. The second-order valence-electron chi connectivity index (χ2n) is 4.97. The quantitative estimate of drug-likeness (QED) is 0.788. The highest BCUT2D eigenvalue weighted by molar-refractivity contribution is 9.10. The molecule has 0 saturated carbocycles. The maximum Gasteiger partial charge on any atom is 0.288 e. The molecule has 1 amide bonds. The van der Waals surface area contributed by atoms with Crippen LogP contribution < -0.4 is 11.1 Å². The Morgan fingerprint density at radius 3 is 2.90 bits per heavy atom. The molecule has 1 aromatic carbocycles. The first kappa shape index (κ1) is 15.9. The Morgan fingerprint density at radius 2 is 2.19 bits per heavy atom. The average molecular weight is 372 g/mol. The van der Waals surface area contributed by atoms with Crippen LogP contribution in [0.1, 0.15) is 40.6 Å². The first-order valence-corrected chi connectivity index (χ1v) is 7.36. The molecular weight excluding hydrogens is 356 g/mol. The van der Waals surface area contributed by atoms with Crippen LogP contribution in [0.25, 0.3) is 0 Å². The number of fused-ring (bicyclic) bond motifs is 1. The molecule has 0 radical (unpaired) electrons. The number of halogens is 2. The van der Waals surface area contributed by atoms with E-state index >= 15 is 0 Å². The number of rotatable bonds is 2. The lowest BCUT2D eigenvalue weighted by atomic mass is 9.87. The standard InChI is InChI=1S/C15H15BrN2O2.ClH/c16-12-6-7-20-14(12)15(19)18-13-3-1-2-9-8-10(17)4-5-11(9)13;/h4-8,13H,1-3,17H2,(H,18,19);1H. The maximum atomic E-state index is 12.2. The van der Waals surface area contributed by atoms with Crippen LogP contribution in [-0.4, -0.2) is 5.91 Å². The molecule has 112 valence electrons. The van der Waals surface area contributed by atoms with Crippen molar-refractivity contribution in [3.63, 3.8) is 0 Å². The molecule has 1 atom stereocenters. The van der Waals surface area contributed by atoms with Crippen LogP contribution >= 0.6 is 28.3 Å². The largest absolute Gasteiger partial charge is 0.458 e. The lowest BCUT2D eigenvalue weighted by Gasteiger charge is -2.26. The number of hydrogen-bond donors (Lipinski definition) is 2. The van der Waals surface area contributed by atoms with Gasteiger partial charge in [0.05, 0.1) is 16.8 Å². The van der Waals surface area contributed by atoms with Crippen molar-refractivity contribution in [2.75, 3.05) is 5.73 Å². The molecule has 4 nitrogen and oxygen atoms in total. The highest BCUT2D eigenvalue weighted by atomic mass is 79.9. The number of nitrogens with two attached hydrogens (primary N) is 1. The summed E-state index contributed by atoms with van der Waals surface area (Å²) in [6.07, 6.45) is 4.48. The van der Waals surface area contributed by atoms with Gasteiger partial charge in [-0.3, -0.25) is 4.79 Å². The fraction of sp³-hybridized carbons (Fsp3) is 0.267. The van der Waals surface area contributed by atoms with E-state index in [4.69, 9.17) is 10.2 Å². The van der Waals surface area contributed by atoms with E-state index in [9.17, 15) is 4.79 Å². The van der Waals surface area contributed by atoms with Gasteiger partial charge < -0.3 is 15.5 Å². The smallest absolute Gasteiger partial charge is 0.288 e. The van der Waals surface area contributed by atoms with Crippen LogP contribution in [0.15, 0.2) is 39.4 Å². The summed E-state index contributed by atoms with van der Waals surface area (Å²) in [4.78, 5) is 12.2. The van der Waals surface area contributed by atoms with Crippen LogP contribution in [0.4, 0.5) is 5.69 Å². The van der Waals surface area contributed by atoms with E-state index < -0.39 is 0 Å². The zero-order valence-corrected chi connectivity index (χ0v) is 13.7. The second kappa shape index (κ2) is 6.54. The summed E-state index contributed by atoms with van der Waals surface area (Å²) < 4.78 is 5.87. The molecule has 0 fully saturated rings. The van der Waals surface area contributed by atoms with Crippen molar-refractivity contribution in [3.05, 3.63) is 51.9 Å². The molecule has 1 aliphatic rings. The van der Waals surface area contributed by atoms with Crippen molar-refractivity contribution in [2.45, 2.75) is 25.3 Å². The molecule has 1 unspecified atom stereocenters. The summed E-state index contributed by atoms with van der Waals surface area (Å²) in [5.74, 6) is 0.115. The van der Waals surface area contributed by atoms with E-state index in [0.29, 0.717) is 10.2 Å². The molecule has 3 N–H and O–H groups in total. The van der Waals surface area contributed by atoms with Gasteiger partial charge in [0, 0.05) is 5.69 Å². The highest BCUT2D eigenvalue weighted by Crippen LogP contribution is 2.31. The number of aryl methyl sites for hydroxylation is 1. The van der Waals surface area contributed by atoms with Gasteiger partial charge in [-0.15, -0.1) is 12.4 Å². The first-order valence-electron chi connectivity index (χ1n) is 6.57. The summed E-state index contributed by atoms with van der Waals surface area (Å²) >= 11 is 3.30. The monoisotopic (exact) mass is 370 g/mol. The number of nitrogens with one attached hydrogen (secondary N) is 1. The van der Waals surface area contributed by atoms with Crippen molar-refractivity contribution < 1.29 is 9.21 Å². The van der Waals surface area contributed by atoms with E-state index in [1.54, 1.807) is 6.07 Å². The average Bonchev–Trinajstić information content (AvgIpc) is 2.85. The number of amides is 1. The SMILES string of the molecule is Cl.Nc1ccc2c(c1)CCCC2NC(=O)c1occc1Br. The third-order valence-corrected chi connectivity index (χ3v) is 4.23. The van der Waals surface area contributed by atoms with Crippen LogP contribution in [0, 0.1) is 0 Å². The summed E-state index contributed by atoms with van der Waals surface area (Å²) in [6.45, 7) is 0. The van der Waals surface area contributed by atoms with Crippen molar-refractivity contribution in [3.8, 4) is 0 Å². The van der Waals surface area contributed by atoms with E-state index in [1.165, 1.54) is 11.8 Å². The number of furan rings is 1. The van der Waals surface area contributed by atoms with Crippen molar-refractivity contribution in [2.24, 2.45) is 0 Å². The molecule has 0 aliphatic heterocycles. The molecule has 1 aliphatic carbocycles. The Balaban J connectivity index is 0.00000161. The number of carbonyl (C=O) groups excluding carboxylic acids is 1. The minimum atomic E-state index is -0.198. The van der Waals surface area contributed by atoms with Gasteiger partial charge in [0.15, 0.2) is 0 Å². The zero-order valence-electron chi connectivity index (χ0n) is 11.3. The zero-order chi connectivity index (χ0) is 14.1. The normalized spacial score (nSPS) is 16.7. The summed E-state index contributed by atoms with van der Waals surface area (Å²) in [7, 11) is 0. The Morgan fingerprint density at radius 1 is 1.38 bits per heavy atom. The fourth-order valence-electron chi connectivity index (χ4n) is 2.66. The lowest BCUT2D eigenvalue weighted by Crippen LogP contribution is -2.31. The number of benzene rings is 1. The molecule has 0 spiro atoms. The minimum Gasteiger partial charge on any atom is -0.458 e. The Kier molecular flexibility index (Phi) is 4.96. The molecule has 6 heteroatoms. The summed E-state index contributed by atoms with van der Waals surface area (Å²) in [5, 5.41) is 3.03. The molecule has 3 rings (SSSR count). The molecule has 1 aromatic heterocycles. The van der Waals surface area contributed by atoms with E-state index in [0.717, 1.165) is 30.5 Å². The minimum absolute atomic E-state index is 0. The van der Waals surface area contributed by atoms with E-state index in [2.05, 4.69) is 21.2 Å². The second-order valence-corrected chi connectivity index (χ2v) is 5.83. The third-order valence-electron chi connectivity index (χ3n) is 3.61. The van der Waals surface area contributed by atoms with Crippen molar-refractivity contribution >= 4 is 39.9 Å².